The van der Waals surface area contributed by atoms with Crippen LogP contribution in [-0.2, 0) is 33.4 Å². The van der Waals surface area contributed by atoms with Crippen LogP contribution in [0.4, 0.5) is 0 Å². The summed E-state index contributed by atoms with van der Waals surface area (Å²) in [7, 11) is 8.07. The Morgan fingerprint density at radius 2 is 1.47 bits per heavy atom. The Morgan fingerprint density at radius 1 is 0.868 bits per heavy atom. The molecule has 1 aliphatic rings. The maximum Gasteiger partial charge on any atom is 0.245 e. The van der Waals surface area contributed by atoms with Gasteiger partial charge in [0.1, 0.15) is 6.04 Å². The van der Waals surface area contributed by atoms with Gasteiger partial charge in [-0.1, -0.05) is 85.2 Å². The average Bonchev–Trinajstić information content (AvgIpc) is 3.57. The Labute approximate surface area is 317 Å². The van der Waals surface area contributed by atoms with Crippen molar-refractivity contribution < 1.29 is 38.2 Å². The molecule has 3 N–H and O–H groups in total. The number of nitrogens with one attached hydrogen (secondary N) is 3. The van der Waals surface area contributed by atoms with Gasteiger partial charge < -0.3 is 40.0 Å². The van der Waals surface area contributed by atoms with Crippen molar-refractivity contribution in [1.29, 1.82) is 0 Å². The Kier molecular flexibility index (Phi) is 18.6. The summed E-state index contributed by atoms with van der Waals surface area (Å²) in [6.07, 6.45) is -0.536. The van der Waals surface area contributed by atoms with Crippen LogP contribution < -0.4 is 16.0 Å². The molecule has 2 rings (SSSR count). The lowest BCUT2D eigenvalue weighted by Crippen LogP contribution is -2.59. The van der Waals surface area contributed by atoms with E-state index in [1.54, 1.807) is 69.1 Å². The van der Waals surface area contributed by atoms with Gasteiger partial charge in [0.15, 0.2) is 5.78 Å². The number of ketones is 1. The Balaban J connectivity index is 2.32. The number of carbonyl (C=O) groups is 5. The highest BCUT2D eigenvalue weighted by atomic mass is 16.5. The highest BCUT2D eigenvalue weighted by Crippen LogP contribution is 2.31. The van der Waals surface area contributed by atoms with Crippen LogP contribution in [-0.4, -0.2) is 130 Å². The van der Waals surface area contributed by atoms with E-state index in [9.17, 15) is 24.0 Å². The van der Waals surface area contributed by atoms with Gasteiger partial charge in [0.05, 0.1) is 54.8 Å². The second-order valence-electron chi connectivity index (χ2n) is 15.2. The van der Waals surface area contributed by atoms with Crippen LogP contribution in [0.1, 0.15) is 85.0 Å². The van der Waals surface area contributed by atoms with Gasteiger partial charge in [-0.05, 0) is 38.1 Å². The zero-order valence-corrected chi connectivity index (χ0v) is 34.3. The number of carbonyl (C=O) groups excluding carboxylic acids is 5. The van der Waals surface area contributed by atoms with Gasteiger partial charge in [-0.25, -0.2) is 0 Å². The lowest BCUT2D eigenvalue weighted by atomic mass is 9.89. The minimum atomic E-state index is -0.784. The first-order valence-corrected chi connectivity index (χ1v) is 19.0. The second-order valence-corrected chi connectivity index (χ2v) is 15.2. The van der Waals surface area contributed by atoms with Crippen molar-refractivity contribution in [3.05, 3.63) is 35.9 Å². The van der Waals surface area contributed by atoms with Crippen LogP contribution in [0.3, 0.4) is 0 Å². The van der Waals surface area contributed by atoms with E-state index in [2.05, 4.69) is 16.0 Å². The summed E-state index contributed by atoms with van der Waals surface area (Å²) in [5, 5.41) is 8.86. The molecule has 1 aromatic carbocycles. The normalized spacial score (nSPS) is 20.5. The lowest BCUT2D eigenvalue weighted by Gasteiger charge is -2.41. The molecule has 0 aromatic heterocycles. The molecule has 13 heteroatoms. The summed E-state index contributed by atoms with van der Waals surface area (Å²) < 4.78 is 17.6. The molecule has 0 saturated carbocycles. The number of hydrogen-bond donors (Lipinski definition) is 3. The second kappa shape index (κ2) is 21.5. The van der Waals surface area contributed by atoms with E-state index in [0.717, 1.165) is 0 Å². The van der Waals surface area contributed by atoms with Gasteiger partial charge in [-0.3, -0.25) is 24.0 Å². The number of Topliss-reactive ketones (excluding diaryl/α,β-unsaturated/α-hetero) is 1. The summed E-state index contributed by atoms with van der Waals surface area (Å²) in [6.45, 7) is 15.4. The third-order valence-electron chi connectivity index (χ3n) is 10.9. The molecule has 10 atom stereocenters. The lowest BCUT2D eigenvalue weighted by molar-refractivity contribution is -0.148. The van der Waals surface area contributed by atoms with Gasteiger partial charge in [-0.15, -0.1) is 0 Å². The van der Waals surface area contributed by atoms with Crippen LogP contribution in [0.25, 0.3) is 0 Å². The van der Waals surface area contributed by atoms with E-state index >= 15 is 0 Å². The zero-order chi connectivity index (χ0) is 40.2. The molecule has 1 aliphatic heterocycles. The fraction of sp³-hybridized carbons (Fsp3) is 0.725. The van der Waals surface area contributed by atoms with Gasteiger partial charge in [0.2, 0.25) is 23.6 Å². The summed E-state index contributed by atoms with van der Waals surface area (Å²) in [6, 6.07) is 5.78. The first-order valence-electron chi connectivity index (χ1n) is 19.0. The molecule has 0 spiro atoms. The maximum absolute atomic E-state index is 14.3. The molecule has 1 aromatic rings. The molecule has 0 aliphatic carbocycles. The number of ether oxygens (including phenoxy) is 3. The van der Waals surface area contributed by atoms with Crippen molar-refractivity contribution >= 4 is 29.4 Å². The van der Waals surface area contributed by atoms with Crippen molar-refractivity contribution in [3.63, 3.8) is 0 Å². The van der Waals surface area contributed by atoms with Crippen LogP contribution in [0, 0.1) is 23.7 Å². The molecular formula is C40H67N5O8. The minimum absolute atomic E-state index is 0.0204. The minimum Gasteiger partial charge on any atom is -0.380 e. The van der Waals surface area contributed by atoms with Gasteiger partial charge >= 0.3 is 0 Å². The van der Waals surface area contributed by atoms with E-state index < -0.39 is 48.3 Å². The van der Waals surface area contributed by atoms with Crippen molar-refractivity contribution in [3.8, 4) is 0 Å². The highest BCUT2D eigenvalue weighted by Gasteiger charge is 2.46. The van der Waals surface area contributed by atoms with Crippen LogP contribution in [0.15, 0.2) is 30.3 Å². The molecule has 1 saturated heterocycles. The predicted octanol–water partition coefficient (Wildman–Crippen LogP) is 3.30. The van der Waals surface area contributed by atoms with Crippen molar-refractivity contribution in [2.24, 2.45) is 23.7 Å². The third kappa shape index (κ3) is 11.8. The number of amides is 4. The standard InChI is InChI=1S/C40H67N5O8/c1-14-25(6)35(44(10)40(50)34(24(4)5)43-39(49)33(41-9)23(2)3)31(52-12)21-32(46)45-22-29(51-11)20-30(45)37(53-13)26(7)38(48)42-27(8)36(47)28-18-16-15-17-19-28/h15-19,23-27,29-31,33-35,37,41H,14,20-22H2,1-13H3,(H,42,48)(H,43,49)/t25-,26+,27+,29+,30-,31+,33-,34-,35?,37+/m0/s1. The molecule has 1 unspecified atom stereocenters. The van der Waals surface area contributed by atoms with Crippen molar-refractivity contribution in [2.45, 2.75) is 123 Å². The number of likely N-dealkylation sites (tertiary alicyclic amines) is 1. The van der Waals surface area contributed by atoms with Gasteiger partial charge in [0.25, 0.3) is 0 Å². The molecule has 1 fully saturated rings. The Morgan fingerprint density at radius 3 is 1.96 bits per heavy atom. The summed E-state index contributed by atoms with van der Waals surface area (Å²) in [5.74, 6) is -2.24. The number of nitrogens with zero attached hydrogens (tertiary/aromatic N) is 2. The molecule has 4 amide bonds. The first kappa shape index (κ1) is 45.8. The predicted molar refractivity (Wildman–Crippen MR) is 205 cm³/mol. The molecule has 0 radical (unpaired) electrons. The number of methoxy groups -OCH3 is 3. The Bertz CT molecular complexity index is 1340. The SMILES string of the molecule is CC[C@H](C)C([C@@H](CC(=O)N1C[C@H](OC)C[C@H]1[C@H](OC)[C@@H](C)C(=O)N[C@H](C)C(=O)c1ccccc1)OC)N(C)C(=O)[C@@H](NC(=O)[C@@H](NC)C(C)C)C(C)C. The smallest absolute Gasteiger partial charge is 0.245 e. The molecule has 0 bridgehead atoms. The zero-order valence-electron chi connectivity index (χ0n) is 34.3. The maximum atomic E-state index is 14.3. The summed E-state index contributed by atoms with van der Waals surface area (Å²) >= 11 is 0. The van der Waals surface area contributed by atoms with Crippen LogP contribution in [0.2, 0.25) is 0 Å². The number of hydrogen-bond acceptors (Lipinski definition) is 9. The monoisotopic (exact) mass is 745 g/mol. The Hall–Kier alpha value is -3.39. The van der Waals surface area contributed by atoms with Gasteiger partial charge in [-0.2, -0.15) is 0 Å². The molecule has 53 heavy (non-hydrogen) atoms. The fourth-order valence-electron chi connectivity index (χ4n) is 7.46. The van der Waals surface area contributed by atoms with Crippen LogP contribution >= 0.6 is 0 Å². The molecule has 300 valence electrons. The van der Waals surface area contributed by atoms with E-state index in [0.29, 0.717) is 24.9 Å². The van der Waals surface area contributed by atoms with E-state index in [1.165, 1.54) is 14.2 Å². The average molecular weight is 746 g/mol. The van der Waals surface area contributed by atoms with E-state index in [-0.39, 0.29) is 59.7 Å². The van der Waals surface area contributed by atoms with Crippen molar-refractivity contribution in [2.75, 3.05) is 42.0 Å². The molecule has 13 nitrogen and oxygen atoms in total. The van der Waals surface area contributed by atoms with Crippen molar-refractivity contribution in [1.82, 2.24) is 25.8 Å². The topological polar surface area (TPSA) is 156 Å². The number of benzene rings is 1. The molecular weight excluding hydrogens is 678 g/mol. The largest absolute Gasteiger partial charge is 0.380 e. The van der Waals surface area contributed by atoms with E-state index in [1.807, 2.05) is 47.6 Å². The van der Waals surface area contributed by atoms with E-state index in [4.69, 9.17) is 14.2 Å². The number of rotatable bonds is 21. The fourth-order valence-corrected chi connectivity index (χ4v) is 7.46. The summed E-state index contributed by atoms with van der Waals surface area (Å²) in [5.41, 5.74) is 0.500. The highest BCUT2D eigenvalue weighted by molar-refractivity contribution is 6.01. The quantitative estimate of drug-likeness (QED) is 0.161. The molecule has 1 heterocycles. The first-order chi connectivity index (χ1) is 25.0. The summed E-state index contributed by atoms with van der Waals surface area (Å²) in [4.78, 5) is 71.5. The number of likely N-dealkylation sites (N-methyl/N-ethyl adjacent to an activating group) is 2. The van der Waals surface area contributed by atoms with Gasteiger partial charge in [0, 0.05) is 40.5 Å². The van der Waals surface area contributed by atoms with Crippen LogP contribution in [0.5, 0.6) is 0 Å². The third-order valence-corrected chi connectivity index (χ3v) is 10.9.